The maximum atomic E-state index is 6.03. The fraction of sp³-hybridized carbons (Fsp3) is 0.500. The summed E-state index contributed by atoms with van der Waals surface area (Å²) in [6, 6.07) is 6.57. The third kappa shape index (κ3) is 2.47. The summed E-state index contributed by atoms with van der Waals surface area (Å²) in [6.07, 6.45) is 2.21. The molecule has 0 saturated carbocycles. The van der Waals surface area contributed by atoms with E-state index < -0.39 is 0 Å². The number of alkyl halides is 1. The van der Waals surface area contributed by atoms with Crippen LogP contribution in [0, 0.1) is 0 Å². The van der Waals surface area contributed by atoms with Crippen LogP contribution in [0.15, 0.2) is 18.2 Å². The van der Waals surface area contributed by atoms with Crippen molar-refractivity contribution in [3.63, 3.8) is 0 Å². The standard InChI is InChI=1S/C12H17Cl/c1-4-10-6-7-12(9(3)13)8-11(10)5-2/h6-9H,4-5H2,1-3H3. The van der Waals surface area contributed by atoms with Crippen LogP contribution in [0.3, 0.4) is 0 Å². The van der Waals surface area contributed by atoms with Crippen LogP contribution >= 0.6 is 11.6 Å². The molecule has 0 aliphatic heterocycles. The van der Waals surface area contributed by atoms with Gasteiger partial charge in [-0.25, -0.2) is 0 Å². The lowest BCUT2D eigenvalue weighted by atomic mass is 9.99. The summed E-state index contributed by atoms with van der Waals surface area (Å²) in [4.78, 5) is 0. The average Bonchev–Trinajstić information content (AvgIpc) is 2.16. The van der Waals surface area contributed by atoms with Crippen LogP contribution in [0.2, 0.25) is 0 Å². The van der Waals surface area contributed by atoms with E-state index in [4.69, 9.17) is 11.6 Å². The Labute approximate surface area is 85.9 Å². The third-order valence-electron chi connectivity index (χ3n) is 2.45. The lowest BCUT2D eigenvalue weighted by molar-refractivity contribution is 1.00. The average molecular weight is 197 g/mol. The van der Waals surface area contributed by atoms with Gasteiger partial charge in [-0.15, -0.1) is 11.6 Å². The number of aryl methyl sites for hydroxylation is 2. The maximum absolute atomic E-state index is 6.03. The van der Waals surface area contributed by atoms with E-state index in [9.17, 15) is 0 Å². The van der Waals surface area contributed by atoms with E-state index in [1.807, 2.05) is 6.92 Å². The Bertz CT molecular complexity index is 276. The van der Waals surface area contributed by atoms with Crippen LogP contribution in [0.4, 0.5) is 0 Å². The summed E-state index contributed by atoms with van der Waals surface area (Å²) in [6.45, 7) is 6.40. The molecule has 0 radical (unpaired) electrons. The van der Waals surface area contributed by atoms with Gasteiger partial charge in [-0.05, 0) is 36.5 Å². The van der Waals surface area contributed by atoms with E-state index >= 15 is 0 Å². The van der Waals surface area contributed by atoms with Gasteiger partial charge in [0.15, 0.2) is 0 Å². The Morgan fingerprint density at radius 1 is 1.15 bits per heavy atom. The largest absolute Gasteiger partial charge is 0.118 e. The molecule has 1 rings (SSSR count). The van der Waals surface area contributed by atoms with Crippen LogP contribution in [-0.2, 0) is 12.8 Å². The highest BCUT2D eigenvalue weighted by molar-refractivity contribution is 6.20. The molecule has 0 aliphatic rings. The fourth-order valence-corrected chi connectivity index (χ4v) is 1.70. The zero-order chi connectivity index (χ0) is 9.84. The van der Waals surface area contributed by atoms with Crippen LogP contribution in [0.25, 0.3) is 0 Å². The predicted molar refractivity (Wildman–Crippen MR) is 59.5 cm³/mol. The Morgan fingerprint density at radius 3 is 2.23 bits per heavy atom. The fourth-order valence-electron chi connectivity index (χ4n) is 1.57. The minimum absolute atomic E-state index is 0.121. The van der Waals surface area contributed by atoms with E-state index in [2.05, 4.69) is 32.0 Å². The second-order valence-corrected chi connectivity index (χ2v) is 4.01. The van der Waals surface area contributed by atoms with Gasteiger partial charge in [-0.1, -0.05) is 32.0 Å². The van der Waals surface area contributed by atoms with Crippen molar-refractivity contribution in [1.29, 1.82) is 0 Å². The van der Waals surface area contributed by atoms with Gasteiger partial charge in [-0.3, -0.25) is 0 Å². The van der Waals surface area contributed by atoms with Crippen molar-refractivity contribution >= 4 is 11.6 Å². The third-order valence-corrected chi connectivity index (χ3v) is 2.70. The Balaban J connectivity index is 3.05. The topological polar surface area (TPSA) is 0 Å². The maximum Gasteiger partial charge on any atom is 0.0557 e. The van der Waals surface area contributed by atoms with Gasteiger partial charge in [0.25, 0.3) is 0 Å². The lowest BCUT2D eigenvalue weighted by Crippen LogP contribution is -1.94. The minimum atomic E-state index is 0.121. The summed E-state index contributed by atoms with van der Waals surface area (Å²) in [7, 11) is 0. The molecule has 0 fully saturated rings. The molecule has 0 heterocycles. The summed E-state index contributed by atoms with van der Waals surface area (Å²) in [5.74, 6) is 0. The van der Waals surface area contributed by atoms with Crippen molar-refractivity contribution in [2.75, 3.05) is 0 Å². The smallest absolute Gasteiger partial charge is 0.0557 e. The molecular formula is C12H17Cl. The zero-order valence-corrected chi connectivity index (χ0v) is 9.36. The Morgan fingerprint density at radius 2 is 1.77 bits per heavy atom. The molecule has 0 saturated heterocycles. The monoisotopic (exact) mass is 196 g/mol. The number of halogens is 1. The molecular weight excluding hydrogens is 180 g/mol. The van der Waals surface area contributed by atoms with Crippen molar-refractivity contribution < 1.29 is 0 Å². The molecule has 0 N–H and O–H groups in total. The quantitative estimate of drug-likeness (QED) is 0.639. The molecule has 1 unspecified atom stereocenters. The highest BCUT2D eigenvalue weighted by Gasteiger charge is 2.04. The van der Waals surface area contributed by atoms with Gasteiger partial charge < -0.3 is 0 Å². The van der Waals surface area contributed by atoms with E-state index in [1.165, 1.54) is 16.7 Å². The van der Waals surface area contributed by atoms with Crippen LogP contribution in [-0.4, -0.2) is 0 Å². The summed E-state index contributed by atoms with van der Waals surface area (Å²) >= 11 is 6.03. The summed E-state index contributed by atoms with van der Waals surface area (Å²) in [5, 5.41) is 0.121. The van der Waals surface area contributed by atoms with E-state index in [1.54, 1.807) is 0 Å². The second-order valence-electron chi connectivity index (χ2n) is 3.35. The molecule has 0 aromatic heterocycles. The van der Waals surface area contributed by atoms with Crippen molar-refractivity contribution in [2.45, 2.75) is 39.0 Å². The lowest BCUT2D eigenvalue weighted by Gasteiger charge is -2.09. The van der Waals surface area contributed by atoms with Crippen LogP contribution < -0.4 is 0 Å². The summed E-state index contributed by atoms with van der Waals surface area (Å²) in [5.41, 5.74) is 4.12. The van der Waals surface area contributed by atoms with Gasteiger partial charge in [0.05, 0.1) is 5.38 Å². The van der Waals surface area contributed by atoms with E-state index in [-0.39, 0.29) is 5.38 Å². The number of benzene rings is 1. The first-order valence-corrected chi connectivity index (χ1v) is 5.38. The number of hydrogen-bond donors (Lipinski definition) is 0. The van der Waals surface area contributed by atoms with Gasteiger partial charge in [-0.2, -0.15) is 0 Å². The molecule has 0 bridgehead atoms. The second kappa shape index (κ2) is 4.66. The Kier molecular flexibility index (Phi) is 3.80. The molecule has 13 heavy (non-hydrogen) atoms. The van der Waals surface area contributed by atoms with E-state index in [0.29, 0.717) is 0 Å². The minimum Gasteiger partial charge on any atom is -0.118 e. The first kappa shape index (κ1) is 10.6. The van der Waals surface area contributed by atoms with Crippen LogP contribution in [0.1, 0.15) is 42.8 Å². The SMILES string of the molecule is CCc1ccc(C(C)Cl)cc1CC. The van der Waals surface area contributed by atoms with Crippen LogP contribution in [0.5, 0.6) is 0 Å². The van der Waals surface area contributed by atoms with Crippen molar-refractivity contribution in [3.05, 3.63) is 34.9 Å². The van der Waals surface area contributed by atoms with Gasteiger partial charge in [0.2, 0.25) is 0 Å². The number of hydrogen-bond acceptors (Lipinski definition) is 0. The van der Waals surface area contributed by atoms with Gasteiger partial charge in [0, 0.05) is 0 Å². The van der Waals surface area contributed by atoms with Gasteiger partial charge in [0.1, 0.15) is 0 Å². The molecule has 0 aliphatic carbocycles. The molecule has 0 spiro atoms. The van der Waals surface area contributed by atoms with Crippen molar-refractivity contribution in [2.24, 2.45) is 0 Å². The summed E-state index contributed by atoms with van der Waals surface area (Å²) < 4.78 is 0. The van der Waals surface area contributed by atoms with E-state index in [0.717, 1.165) is 12.8 Å². The molecule has 1 aromatic rings. The highest BCUT2D eigenvalue weighted by Crippen LogP contribution is 2.22. The molecule has 1 atom stereocenters. The molecule has 0 amide bonds. The first-order valence-electron chi connectivity index (χ1n) is 4.94. The normalized spacial score (nSPS) is 12.9. The molecule has 1 heteroatoms. The molecule has 1 aromatic carbocycles. The predicted octanol–water partition coefficient (Wildman–Crippen LogP) is 4.11. The highest BCUT2D eigenvalue weighted by atomic mass is 35.5. The number of rotatable bonds is 3. The molecule has 72 valence electrons. The molecule has 0 nitrogen and oxygen atoms in total. The Hall–Kier alpha value is -0.490. The van der Waals surface area contributed by atoms with Crippen molar-refractivity contribution in [3.8, 4) is 0 Å². The zero-order valence-electron chi connectivity index (χ0n) is 8.60. The van der Waals surface area contributed by atoms with Gasteiger partial charge >= 0.3 is 0 Å². The van der Waals surface area contributed by atoms with Crippen molar-refractivity contribution in [1.82, 2.24) is 0 Å². The first-order chi connectivity index (χ1) is 6.19.